The molecule has 1 fully saturated rings. The van der Waals surface area contributed by atoms with E-state index in [4.69, 9.17) is 0 Å². The van der Waals surface area contributed by atoms with Gasteiger partial charge in [-0.15, -0.1) is 0 Å². The van der Waals surface area contributed by atoms with Crippen molar-refractivity contribution in [2.24, 2.45) is 0 Å². The molecule has 0 bridgehead atoms. The van der Waals surface area contributed by atoms with Crippen molar-refractivity contribution in [3.63, 3.8) is 0 Å². The maximum absolute atomic E-state index is 12.8. The Bertz CT molecular complexity index is 808. The van der Waals surface area contributed by atoms with Crippen LogP contribution in [0, 0.1) is 0 Å². The van der Waals surface area contributed by atoms with Gasteiger partial charge in [-0.3, -0.25) is 4.79 Å². The fourth-order valence-electron chi connectivity index (χ4n) is 5.12. The summed E-state index contributed by atoms with van der Waals surface area (Å²) in [6.07, 6.45) is 8.01. The molecule has 0 radical (unpaired) electrons. The molecule has 5 rings (SSSR count). The minimum absolute atomic E-state index is 0.0591. The number of nitrogens with one attached hydrogen (secondary N) is 3. The van der Waals surface area contributed by atoms with Crippen LogP contribution < -0.4 is 10.6 Å². The molecule has 3 aliphatic rings. The third-order valence-corrected chi connectivity index (χ3v) is 6.44. The number of aromatic nitrogens is 1. The minimum atomic E-state index is -0.0591. The fraction of sp³-hybridized carbons (Fsp3) is 0.500. The Morgan fingerprint density at radius 3 is 2.77 bits per heavy atom. The number of benzene rings is 1. The van der Waals surface area contributed by atoms with E-state index in [9.17, 15) is 4.79 Å². The fourth-order valence-corrected chi connectivity index (χ4v) is 5.12. The van der Waals surface area contributed by atoms with Crippen molar-refractivity contribution in [3.05, 3.63) is 52.3 Å². The van der Waals surface area contributed by atoms with Gasteiger partial charge in [0.05, 0.1) is 5.92 Å². The van der Waals surface area contributed by atoms with Gasteiger partial charge < -0.3 is 15.6 Å². The predicted octanol–water partition coefficient (Wildman–Crippen LogP) is 3.64. The van der Waals surface area contributed by atoms with Gasteiger partial charge in [-0.2, -0.15) is 0 Å². The summed E-state index contributed by atoms with van der Waals surface area (Å²) < 4.78 is 0. The molecule has 1 saturated heterocycles. The lowest BCUT2D eigenvalue weighted by Crippen LogP contribution is -2.27. The number of aryl methyl sites for hydroxylation is 2. The van der Waals surface area contributed by atoms with Crippen molar-refractivity contribution in [2.45, 2.75) is 56.8 Å². The summed E-state index contributed by atoms with van der Waals surface area (Å²) >= 11 is 0. The molecular weight excluding hydrogens is 322 g/mol. The highest BCUT2D eigenvalue weighted by Gasteiger charge is 2.35. The molecule has 136 valence electrons. The van der Waals surface area contributed by atoms with Crippen molar-refractivity contribution in [1.82, 2.24) is 10.3 Å². The molecule has 1 aliphatic carbocycles. The largest absolute Gasteiger partial charge is 0.362 e. The molecule has 3 N–H and O–H groups in total. The summed E-state index contributed by atoms with van der Waals surface area (Å²) in [4.78, 5) is 16.4. The number of carbonyl (C=O) groups is 1. The van der Waals surface area contributed by atoms with Gasteiger partial charge in [0.2, 0.25) is 5.91 Å². The standard InChI is InChI=1S/C22H27N3O/c26-22-18(13-16-12-15-4-1-2-6-19(15)24-16)21-17(5-3-7-20(21)25-22)14-8-10-23-11-9-14/h3,5,7,12,14,18,23-24H,1-2,4,6,8-11,13H2,(H,25,26). The Morgan fingerprint density at radius 2 is 1.92 bits per heavy atom. The van der Waals surface area contributed by atoms with Crippen molar-refractivity contribution in [3.8, 4) is 0 Å². The van der Waals surface area contributed by atoms with Gasteiger partial charge in [-0.1, -0.05) is 12.1 Å². The topological polar surface area (TPSA) is 56.9 Å². The molecule has 3 heterocycles. The summed E-state index contributed by atoms with van der Waals surface area (Å²) in [6.45, 7) is 2.15. The quantitative estimate of drug-likeness (QED) is 0.792. The lowest BCUT2D eigenvalue weighted by molar-refractivity contribution is -0.117. The third-order valence-electron chi connectivity index (χ3n) is 6.44. The van der Waals surface area contributed by atoms with E-state index in [0.717, 1.165) is 44.5 Å². The van der Waals surface area contributed by atoms with Gasteiger partial charge in [-0.25, -0.2) is 0 Å². The van der Waals surface area contributed by atoms with Gasteiger partial charge in [0.1, 0.15) is 0 Å². The summed E-state index contributed by atoms with van der Waals surface area (Å²) in [5.74, 6) is 0.670. The maximum atomic E-state index is 12.8. The lowest BCUT2D eigenvalue weighted by atomic mass is 9.82. The van der Waals surface area contributed by atoms with Crippen LogP contribution in [0.4, 0.5) is 5.69 Å². The molecule has 1 unspecified atom stereocenters. The van der Waals surface area contributed by atoms with Crippen molar-refractivity contribution in [1.29, 1.82) is 0 Å². The Hall–Kier alpha value is -2.07. The van der Waals surface area contributed by atoms with Crippen molar-refractivity contribution >= 4 is 11.6 Å². The number of aromatic amines is 1. The van der Waals surface area contributed by atoms with E-state index in [-0.39, 0.29) is 11.8 Å². The number of hydrogen-bond donors (Lipinski definition) is 3. The first-order valence-corrected chi connectivity index (χ1v) is 10.1. The first kappa shape index (κ1) is 16.1. The Balaban J connectivity index is 1.47. The Kier molecular flexibility index (Phi) is 4.08. The number of fused-ring (bicyclic) bond motifs is 2. The summed E-state index contributed by atoms with van der Waals surface area (Å²) in [5.41, 5.74) is 7.78. The van der Waals surface area contributed by atoms with E-state index in [1.165, 1.54) is 47.3 Å². The van der Waals surface area contributed by atoms with Crippen LogP contribution in [-0.4, -0.2) is 24.0 Å². The molecule has 1 aromatic heterocycles. The van der Waals surface area contributed by atoms with E-state index in [1.54, 1.807) is 0 Å². The van der Waals surface area contributed by atoms with Crippen LogP contribution in [0.15, 0.2) is 24.3 Å². The summed E-state index contributed by atoms with van der Waals surface area (Å²) in [7, 11) is 0. The van der Waals surface area contributed by atoms with Gasteiger partial charge in [0, 0.05) is 23.5 Å². The smallest absolute Gasteiger partial charge is 0.232 e. The van der Waals surface area contributed by atoms with E-state index in [0.29, 0.717) is 5.92 Å². The molecule has 1 atom stereocenters. The van der Waals surface area contributed by atoms with Crippen molar-refractivity contribution < 1.29 is 4.79 Å². The molecule has 1 aromatic carbocycles. The third kappa shape index (κ3) is 2.77. The molecular formula is C22H27N3O. The monoisotopic (exact) mass is 349 g/mol. The Morgan fingerprint density at radius 1 is 1.08 bits per heavy atom. The first-order valence-electron chi connectivity index (χ1n) is 10.1. The number of rotatable bonds is 3. The van der Waals surface area contributed by atoms with Crippen LogP contribution in [0.5, 0.6) is 0 Å². The van der Waals surface area contributed by atoms with E-state index in [1.807, 2.05) is 0 Å². The second-order valence-corrected chi connectivity index (χ2v) is 8.08. The zero-order valence-electron chi connectivity index (χ0n) is 15.2. The zero-order chi connectivity index (χ0) is 17.5. The van der Waals surface area contributed by atoms with E-state index < -0.39 is 0 Å². The highest BCUT2D eigenvalue weighted by atomic mass is 16.2. The number of carbonyl (C=O) groups excluding carboxylic acids is 1. The number of anilines is 1. The average molecular weight is 349 g/mol. The SMILES string of the molecule is O=C1Nc2cccc(C3CCNCC3)c2C1Cc1cc2c([nH]1)CCCC2. The molecule has 4 heteroatoms. The highest BCUT2D eigenvalue weighted by molar-refractivity contribution is 6.03. The normalized spacial score (nSPS) is 22.8. The first-order chi connectivity index (χ1) is 12.8. The van der Waals surface area contributed by atoms with Crippen molar-refractivity contribution in [2.75, 3.05) is 18.4 Å². The van der Waals surface area contributed by atoms with Crippen LogP contribution in [0.2, 0.25) is 0 Å². The van der Waals surface area contributed by atoms with Crippen LogP contribution in [-0.2, 0) is 24.1 Å². The molecule has 2 aliphatic heterocycles. The number of amides is 1. The molecule has 0 spiro atoms. The van der Waals surface area contributed by atoms with Gasteiger partial charge in [-0.05, 0) is 86.4 Å². The predicted molar refractivity (Wildman–Crippen MR) is 104 cm³/mol. The zero-order valence-corrected chi connectivity index (χ0v) is 15.2. The maximum Gasteiger partial charge on any atom is 0.232 e. The molecule has 1 amide bonds. The molecule has 0 saturated carbocycles. The van der Waals surface area contributed by atoms with Gasteiger partial charge >= 0.3 is 0 Å². The number of hydrogen-bond acceptors (Lipinski definition) is 2. The van der Waals surface area contributed by atoms with Gasteiger partial charge in [0.25, 0.3) is 0 Å². The summed E-state index contributed by atoms with van der Waals surface area (Å²) in [6, 6.07) is 8.73. The second kappa shape index (κ2) is 6.58. The number of H-pyrrole nitrogens is 1. The van der Waals surface area contributed by atoms with Crippen LogP contribution >= 0.6 is 0 Å². The van der Waals surface area contributed by atoms with Crippen LogP contribution in [0.3, 0.4) is 0 Å². The molecule has 2 aromatic rings. The van der Waals surface area contributed by atoms with Gasteiger partial charge in [0.15, 0.2) is 0 Å². The minimum Gasteiger partial charge on any atom is -0.362 e. The molecule has 4 nitrogen and oxygen atoms in total. The second-order valence-electron chi connectivity index (χ2n) is 8.08. The van der Waals surface area contributed by atoms with Crippen LogP contribution in [0.1, 0.15) is 65.6 Å². The van der Waals surface area contributed by atoms with Crippen LogP contribution in [0.25, 0.3) is 0 Å². The summed E-state index contributed by atoms with van der Waals surface area (Å²) in [5, 5.41) is 6.59. The highest BCUT2D eigenvalue weighted by Crippen LogP contribution is 2.42. The lowest BCUT2D eigenvalue weighted by Gasteiger charge is -2.26. The average Bonchev–Trinajstić information content (AvgIpc) is 3.23. The Labute approximate surface area is 154 Å². The van der Waals surface area contributed by atoms with E-state index in [2.05, 4.69) is 39.9 Å². The molecule has 26 heavy (non-hydrogen) atoms. The van der Waals surface area contributed by atoms with E-state index >= 15 is 0 Å². The number of piperidine rings is 1.